The van der Waals surface area contributed by atoms with E-state index in [0.29, 0.717) is 42.0 Å². The van der Waals surface area contributed by atoms with Crippen molar-refractivity contribution in [1.82, 2.24) is 14.9 Å². The Labute approximate surface area is 204 Å². The third-order valence-electron chi connectivity index (χ3n) is 6.58. The highest BCUT2D eigenvalue weighted by atomic mass is 19.1. The Balaban J connectivity index is 1.39. The number of ether oxygens (including phenoxy) is 2. The lowest BCUT2D eigenvalue weighted by Crippen LogP contribution is -2.40. The zero-order valence-corrected chi connectivity index (χ0v) is 19.8. The van der Waals surface area contributed by atoms with E-state index in [0.717, 1.165) is 31.6 Å². The van der Waals surface area contributed by atoms with Crippen molar-refractivity contribution >= 4 is 11.9 Å². The Bertz CT molecular complexity index is 1180. The van der Waals surface area contributed by atoms with Crippen molar-refractivity contribution in [2.24, 2.45) is 5.92 Å². The van der Waals surface area contributed by atoms with Crippen LogP contribution in [0.4, 0.5) is 10.3 Å². The van der Waals surface area contributed by atoms with Gasteiger partial charge in [0.25, 0.3) is 5.91 Å². The molecule has 182 valence electrons. The van der Waals surface area contributed by atoms with E-state index in [9.17, 15) is 9.18 Å². The molecule has 0 atom stereocenters. The molecule has 1 aromatic heterocycles. The molecule has 2 aliphatic rings. The number of hydrogen-bond acceptors (Lipinski definition) is 6. The molecule has 0 radical (unpaired) electrons. The second-order valence-corrected chi connectivity index (χ2v) is 9.12. The summed E-state index contributed by atoms with van der Waals surface area (Å²) in [5, 5.41) is 0. The van der Waals surface area contributed by atoms with E-state index in [1.165, 1.54) is 6.07 Å². The van der Waals surface area contributed by atoms with E-state index in [1.54, 1.807) is 23.1 Å². The lowest BCUT2D eigenvalue weighted by molar-refractivity contribution is -0.134. The maximum atomic E-state index is 14.4. The van der Waals surface area contributed by atoms with Gasteiger partial charge in [-0.25, -0.2) is 9.37 Å². The van der Waals surface area contributed by atoms with Gasteiger partial charge in [0.05, 0.1) is 17.8 Å². The molecule has 35 heavy (non-hydrogen) atoms. The summed E-state index contributed by atoms with van der Waals surface area (Å²) >= 11 is 0. The van der Waals surface area contributed by atoms with Crippen molar-refractivity contribution < 1.29 is 18.7 Å². The van der Waals surface area contributed by atoms with Crippen LogP contribution in [0.15, 0.2) is 54.6 Å². The number of anilines is 1. The number of halogens is 1. The molecule has 1 amide bonds. The average Bonchev–Trinajstić information content (AvgIpc) is 2.89. The van der Waals surface area contributed by atoms with Crippen LogP contribution in [0.25, 0.3) is 0 Å². The van der Waals surface area contributed by atoms with E-state index in [2.05, 4.69) is 11.8 Å². The average molecular weight is 477 g/mol. The standard InChI is InChI=1S/C27H29FN4O3/c1-19-11-14-31(15-12-19)27-29-23-13-16-32(25(33)18-34-20-7-3-2-4-8-20)17-21(23)26(30-27)35-24-10-6-5-9-22(24)28/h2-10,19H,11-18H2,1H3. The van der Waals surface area contributed by atoms with E-state index < -0.39 is 5.82 Å². The first-order chi connectivity index (χ1) is 17.1. The van der Waals surface area contributed by atoms with Gasteiger partial charge in [0.15, 0.2) is 18.2 Å². The summed E-state index contributed by atoms with van der Waals surface area (Å²) in [4.78, 5) is 26.3. The zero-order valence-electron chi connectivity index (χ0n) is 19.8. The fraction of sp³-hybridized carbons (Fsp3) is 0.370. The summed E-state index contributed by atoms with van der Waals surface area (Å²) < 4.78 is 26.1. The maximum absolute atomic E-state index is 14.4. The Kier molecular flexibility index (Phi) is 6.79. The Morgan fingerprint density at radius 3 is 2.54 bits per heavy atom. The van der Waals surface area contributed by atoms with Crippen LogP contribution in [0.5, 0.6) is 17.4 Å². The molecule has 3 heterocycles. The lowest BCUT2D eigenvalue weighted by Gasteiger charge is -2.33. The second kappa shape index (κ2) is 10.3. The first-order valence-electron chi connectivity index (χ1n) is 12.1. The summed E-state index contributed by atoms with van der Waals surface area (Å²) in [6, 6.07) is 15.5. The van der Waals surface area contributed by atoms with Crippen LogP contribution < -0.4 is 14.4 Å². The summed E-state index contributed by atoms with van der Waals surface area (Å²) in [7, 11) is 0. The van der Waals surface area contributed by atoms with Gasteiger partial charge in [-0.2, -0.15) is 4.98 Å². The summed E-state index contributed by atoms with van der Waals surface area (Å²) in [5.74, 6) is 1.73. The van der Waals surface area contributed by atoms with E-state index in [4.69, 9.17) is 19.4 Å². The van der Waals surface area contributed by atoms with Crippen LogP contribution in [-0.2, 0) is 17.8 Å². The number of rotatable bonds is 6. The minimum Gasteiger partial charge on any atom is -0.484 e. The molecule has 0 unspecified atom stereocenters. The number of nitrogens with zero attached hydrogens (tertiary/aromatic N) is 4. The molecule has 5 rings (SSSR count). The van der Waals surface area contributed by atoms with Crippen LogP contribution in [0.3, 0.4) is 0 Å². The van der Waals surface area contributed by atoms with E-state index >= 15 is 0 Å². The normalized spacial score (nSPS) is 16.1. The molecule has 7 nitrogen and oxygen atoms in total. The molecule has 8 heteroatoms. The monoisotopic (exact) mass is 476 g/mol. The fourth-order valence-corrected chi connectivity index (χ4v) is 4.40. The molecule has 3 aromatic rings. The van der Waals surface area contributed by atoms with Gasteiger partial charge in [-0.3, -0.25) is 4.79 Å². The number of amides is 1. The zero-order chi connectivity index (χ0) is 24.2. The third-order valence-corrected chi connectivity index (χ3v) is 6.58. The SMILES string of the molecule is CC1CCN(c2nc3c(c(Oc4ccccc4F)n2)CN(C(=O)COc2ccccc2)CC3)CC1. The van der Waals surface area contributed by atoms with Gasteiger partial charge in [-0.05, 0) is 43.0 Å². The van der Waals surface area contributed by atoms with Crippen molar-refractivity contribution in [3.63, 3.8) is 0 Å². The van der Waals surface area contributed by atoms with Gasteiger partial charge in [0.1, 0.15) is 5.75 Å². The minimum absolute atomic E-state index is 0.0618. The molecule has 0 bridgehead atoms. The number of piperidine rings is 1. The molecule has 0 spiro atoms. The van der Waals surface area contributed by atoms with Crippen molar-refractivity contribution in [2.75, 3.05) is 31.1 Å². The number of carbonyl (C=O) groups excluding carboxylic acids is 1. The quantitative estimate of drug-likeness (QED) is 0.518. The van der Waals surface area contributed by atoms with Gasteiger partial charge in [0, 0.05) is 26.1 Å². The van der Waals surface area contributed by atoms with Gasteiger partial charge < -0.3 is 19.3 Å². The van der Waals surface area contributed by atoms with Crippen molar-refractivity contribution in [3.05, 3.63) is 71.7 Å². The van der Waals surface area contributed by atoms with Crippen LogP contribution in [0.2, 0.25) is 0 Å². The smallest absolute Gasteiger partial charge is 0.260 e. The predicted molar refractivity (Wildman–Crippen MR) is 130 cm³/mol. The Hall–Kier alpha value is -3.68. The summed E-state index contributed by atoms with van der Waals surface area (Å²) in [6.07, 6.45) is 2.72. The maximum Gasteiger partial charge on any atom is 0.260 e. The molecule has 1 saturated heterocycles. The Morgan fingerprint density at radius 2 is 1.77 bits per heavy atom. The minimum atomic E-state index is -0.465. The molecule has 2 aliphatic heterocycles. The van der Waals surface area contributed by atoms with Gasteiger partial charge in [0.2, 0.25) is 11.8 Å². The molecular formula is C27H29FN4O3. The summed E-state index contributed by atoms with van der Waals surface area (Å²) in [5.41, 5.74) is 1.55. The molecule has 0 N–H and O–H groups in total. The molecule has 2 aromatic carbocycles. The molecule has 0 saturated carbocycles. The van der Waals surface area contributed by atoms with Gasteiger partial charge >= 0.3 is 0 Å². The van der Waals surface area contributed by atoms with Crippen LogP contribution >= 0.6 is 0 Å². The van der Waals surface area contributed by atoms with Crippen LogP contribution in [-0.4, -0.2) is 47.0 Å². The highest BCUT2D eigenvalue weighted by molar-refractivity contribution is 5.78. The van der Waals surface area contributed by atoms with Crippen molar-refractivity contribution in [1.29, 1.82) is 0 Å². The molecule has 0 aliphatic carbocycles. The molecular weight excluding hydrogens is 447 g/mol. The number of para-hydroxylation sites is 2. The first-order valence-corrected chi connectivity index (χ1v) is 12.1. The van der Waals surface area contributed by atoms with Gasteiger partial charge in [-0.15, -0.1) is 0 Å². The predicted octanol–water partition coefficient (Wildman–Crippen LogP) is 4.61. The van der Waals surface area contributed by atoms with Crippen molar-refractivity contribution in [2.45, 2.75) is 32.7 Å². The van der Waals surface area contributed by atoms with E-state index in [-0.39, 0.29) is 24.8 Å². The van der Waals surface area contributed by atoms with Crippen LogP contribution in [0.1, 0.15) is 31.0 Å². The highest BCUT2D eigenvalue weighted by Gasteiger charge is 2.29. The topological polar surface area (TPSA) is 67.8 Å². The summed E-state index contributed by atoms with van der Waals surface area (Å²) in [6.45, 7) is 4.75. The fourth-order valence-electron chi connectivity index (χ4n) is 4.40. The van der Waals surface area contributed by atoms with Gasteiger partial charge in [-0.1, -0.05) is 37.3 Å². The first kappa shape index (κ1) is 23.1. The second-order valence-electron chi connectivity index (χ2n) is 9.12. The number of carbonyl (C=O) groups is 1. The highest BCUT2D eigenvalue weighted by Crippen LogP contribution is 2.33. The largest absolute Gasteiger partial charge is 0.484 e. The number of aromatic nitrogens is 2. The van der Waals surface area contributed by atoms with Crippen LogP contribution in [0, 0.1) is 11.7 Å². The number of benzene rings is 2. The Morgan fingerprint density at radius 1 is 1.03 bits per heavy atom. The number of hydrogen-bond donors (Lipinski definition) is 0. The lowest BCUT2D eigenvalue weighted by atomic mass is 9.99. The number of fused-ring (bicyclic) bond motifs is 1. The van der Waals surface area contributed by atoms with E-state index in [1.807, 2.05) is 30.3 Å². The third kappa shape index (κ3) is 5.37. The van der Waals surface area contributed by atoms with Crippen molar-refractivity contribution in [3.8, 4) is 17.4 Å². The molecule has 1 fully saturated rings.